The predicted octanol–water partition coefficient (Wildman–Crippen LogP) is 12.4. The third-order valence-electron chi connectivity index (χ3n) is 9.23. The van der Waals surface area contributed by atoms with Crippen LogP contribution in [0.1, 0.15) is 0 Å². The average molecular weight is 592 g/mol. The van der Waals surface area contributed by atoms with Crippen LogP contribution in [-0.2, 0) is 0 Å². The summed E-state index contributed by atoms with van der Waals surface area (Å²) in [7, 11) is 0. The van der Waals surface area contributed by atoms with Gasteiger partial charge in [0.1, 0.15) is 5.58 Å². The maximum atomic E-state index is 6.81. The number of nitrogens with zero attached hydrogens (tertiary/aromatic N) is 1. The van der Waals surface area contributed by atoms with Crippen molar-refractivity contribution in [2.24, 2.45) is 0 Å². The Morgan fingerprint density at radius 3 is 2.04 bits per heavy atom. The molecule has 0 atom stereocenters. The smallest absolute Gasteiger partial charge is 0.159 e. The van der Waals surface area contributed by atoms with E-state index in [4.69, 9.17) is 4.42 Å². The molecular formula is C42H25NOS. The molecule has 2 nitrogen and oxygen atoms in total. The van der Waals surface area contributed by atoms with Crippen LogP contribution >= 0.6 is 11.3 Å². The number of para-hydroxylation sites is 2. The summed E-state index contributed by atoms with van der Waals surface area (Å²) >= 11 is 1.87. The van der Waals surface area contributed by atoms with Crippen molar-refractivity contribution >= 4 is 75.3 Å². The Morgan fingerprint density at radius 1 is 0.467 bits per heavy atom. The molecule has 0 radical (unpaired) electrons. The first kappa shape index (κ1) is 24.8. The van der Waals surface area contributed by atoms with Crippen molar-refractivity contribution in [1.29, 1.82) is 0 Å². The van der Waals surface area contributed by atoms with E-state index in [1.807, 2.05) is 11.3 Å². The van der Waals surface area contributed by atoms with E-state index in [0.29, 0.717) is 0 Å². The van der Waals surface area contributed by atoms with Crippen molar-refractivity contribution < 1.29 is 4.42 Å². The molecule has 0 N–H and O–H groups in total. The van der Waals surface area contributed by atoms with Crippen molar-refractivity contribution in [2.75, 3.05) is 0 Å². The lowest BCUT2D eigenvalue weighted by atomic mass is 9.97. The fraction of sp³-hybridized carbons (Fsp3) is 0. The predicted molar refractivity (Wildman–Crippen MR) is 192 cm³/mol. The number of thiophene rings is 1. The van der Waals surface area contributed by atoms with Gasteiger partial charge in [-0.05, 0) is 46.5 Å². The molecular weight excluding hydrogens is 567 g/mol. The summed E-state index contributed by atoms with van der Waals surface area (Å²) in [6.07, 6.45) is 0. The molecule has 0 aliphatic rings. The largest absolute Gasteiger partial charge is 0.454 e. The highest BCUT2D eigenvalue weighted by atomic mass is 32.1. The highest BCUT2D eigenvalue weighted by molar-refractivity contribution is 7.26. The second-order valence-corrected chi connectivity index (χ2v) is 12.7. The standard InChI is InChI=1S/C42H25NOS/c1-2-10-26(11-3-1)27-20-22-28(23-21-27)29-14-9-18-37-39(29)34-15-8-17-36(41(34)44-37)43-35-16-6-4-12-30(35)32-24-25-33-31-13-5-7-19-38(31)45-42(33)40(32)43/h1-25H. The van der Waals surface area contributed by atoms with Crippen molar-refractivity contribution in [2.45, 2.75) is 0 Å². The number of hydrogen-bond acceptors (Lipinski definition) is 2. The second-order valence-electron chi connectivity index (χ2n) is 11.7. The van der Waals surface area contributed by atoms with Gasteiger partial charge in [-0.15, -0.1) is 11.3 Å². The zero-order valence-corrected chi connectivity index (χ0v) is 25.0. The molecule has 0 fully saturated rings. The number of fused-ring (bicyclic) bond motifs is 10. The number of hydrogen-bond donors (Lipinski definition) is 0. The third kappa shape index (κ3) is 3.56. The van der Waals surface area contributed by atoms with E-state index in [2.05, 4.69) is 156 Å². The fourth-order valence-corrected chi connectivity index (χ4v) is 8.44. The Balaban J connectivity index is 1.25. The minimum atomic E-state index is 0.898. The minimum Gasteiger partial charge on any atom is -0.454 e. The molecule has 10 rings (SSSR count). The Kier molecular flexibility index (Phi) is 5.19. The van der Waals surface area contributed by atoms with Gasteiger partial charge in [0.15, 0.2) is 5.58 Å². The molecule has 0 spiro atoms. The van der Waals surface area contributed by atoms with E-state index in [1.165, 1.54) is 64.2 Å². The minimum absolute atomic E-state index is 0.898. The molecule has 3 heterocycles. The third-order valence-corrected chi connectivity index (χ3v) is 10.4. The number of furan rings is 1. The Morgan fingerprint density at radius 2 is 1.16 bits per heavy atom. The number of aromatic nitrogens is 1. The van der Waals surface area contributed by atoms with Gasteiger partial charge in [-0.2, -0.15) is 0 Å². The lowest BCUT2D eigenvalue weighted by Gasteiger charge is -2.09. The lowest BCUT2D eigenvalue weighted by Crippen LogP contribution is -1.94. The summed E-state index contributed by atoms with van der Waals surface area (Å²) in [5, 5.41) is 7.39. The lowest BCUT2D eigenvalue weighted by molar-refractivity contribution is 0.666. The van der Waals surface area contributed by atoms with Crippen molar-refractivity contribution in [3.8, 4) is 27.9 Å². The first-order chi connectivity index (χ1) is 22.3. The summed E-state index contributed by atoms with van der Waals surface area (Å²) < 4.78 is 11.9. The Labute approximate surface area is 263 Å². The molecule has 3 aromatic heterocycles. The van der Waals surface area contributed by atoms with Crippen LogP contribution in [-0.4, -0.2) is 4.57 Å². The quantitative estimate of drug-likeness (QED) is 0.200. The van der Waals surface area contributed by atoms with Crippen LogP contribution in [0.5, 0.6) is 0 Å². The molecule has 45 heavy (non-hydrogen) atoms. The molecule has 10 aromatic rings. The van der Waals surface area contributed by atoms with Gasteiger partial charge < -0.3 is 8.98 Å². The number of benzene rings is 7. The van der Waals surface area contributed by atoms with E-state index >= 15 is 0 Å². The van der Waals surface area contributed by atoms with Crippen LogP contribution in [0.25, 0.3) is 91.9 Å². The van der Waals surface area contributed by atoms with E-state index in [9.17, 15) is 0 Å². The Hall–Kier alpha value is -5.64. The maximum absolute atomic E-state index is 6.81. The molecule has 0 amide bonds. The number of rotatable bonds is 3. The molecule has 0 aliphatic carbocycles. The first-order valence-electron chi connectivity index (χ1n) is 15.3. The fourth-order valence-electron chi connectivity index (χ4n) is 7.20. The summed E-state index contributed by atoms with van der Waals surface area (Å²) in [5.74, 6) is 0. The van der Waals surface area contributed by atoms with Crippen LogP contribution in [0.2, 0.25) is 0 Å². The zero-order chi connectivity index (χ0) is 29.5. The normalized spacial score (nSPS) is 12.0. The summed E-state index contributed by atoms with van der Waals surface area (Å²) in [5.41, 5.74) is 10.1. The van der Waals surface area contributed by atoms with Gasteiger partial charge >= 0.3 is 0 Å². The van der Waals surface area contributed by atoms with Gasteiger partial charge in [-0.1, -0.05) is 127 Å². The van der Waals surface area contributed by atoms with Crippen LogP contribution in [0, 0.1) is 0 Å². The molecule has 210 valence electrons. The van der Waals surface area contributed by atoms with E-state index in [0.717, 1.165) is 27.6 Å². The molecule has 0 saturated heterocycles. The monoisotopic (exact) mass is 591 g/mol. The zero-order valence-electron chi connectivity index (χ0n) is 24.2. The first-order valence-corrected chi connectivity index (χ1v) is 16.1. The molecule has 0 aliphatic heterocycles. The highest BCUT2D eigenvalue weighted by Gasteiger charge is 2.21. The van der Waals surface area contributed by atoms with Gasteiger partial charge in [-0.25, -0.2) is 0 Å². The van der Waals surface area contributed by atoms with Crippen molar-refractivity contribution in [3.05, 3.63) is 152 Å². The highest BCUT2D eigenvalue weighted by Crippen LogP contribution is 2.45. The molecule has 0 unspecified atom stereocenters. The van der Waals surface area contributed by atoms with E-state index in [1.54, 1.807) is 0 Å². The van der Waals surface area contributed by atoms with Crippen LogP contribution < -0.4 is 0 Å². The molecule has 3 heteroatoms. The van der Waals surface area contributed by atoms with Gasteiger partial charge in [0, 0.05) is 37.0 Å². The second kappa shape index (κ2) is 9.43. The van der Waals surface area contributed by atoms with Crippen LogP contribution in [0.15, 0.2) is 156 Å². The summed E-state index contributed by atoms with van der Waals surface area (Å²) in [4.78, 5) is 0. The SMILES string of the molecule is c1ccc(-c2ccc(-c3cccc4oc5c(-n6c7ccccc7c7ccc8c9ccccc9sc8c76)cccc5c34)cc2)cc1. The maximum Gasteiger partial charge on any atom is 0.159 e. The van der Waals surface area contributed by atoms with E-state index < -0.39 is 0 Å². The molecule has 0 bridgehead atoms. The van der Waals surface area contributed by atoms with Gasteiger partial charge in [0.2, 0.25) is 0 Å². The van der Waals surface area contributed by atoms with Gasteiger partial charge in [0.05, 0.1) is 21.4 Å². The topological polar surface area (TPSA) is 18.1 Å². The summed E-state index contributed by atoms with van der Waals surface area (Å²) in [6.45, 7) is 0. The van der Waals surface area contributed by atoms with Crippen LogP contribution in [0.4, 0.5) is 0 Å². The summed E-state index contributed by atoms with van der Waals surface area (Å²) in [6, 6.07) is 54.5. The van der Waals surface area contributed by atoms with Crippen LogP contribution in [0.3, 0.4) is 0 Å². The van der Waals surface area contributed by atoms with Crippen molar-refractivity contribution in [1.82, 2.24) is 4.57 Å². The Bertz CT molecular complexity index is 2740. The average Bonchev–Trinajstić information content (AvgIpc) is 3.78. The van der Waals surface area contributed by atoms with Crippen molar-refractivity contribution in [3.63, 3.8) is 0 Å². The van der Waals surface area contributed by atoms with Gasteiger partial charge in [0.25, 0.3) is 0 Å². The molecule has 0 saturated carbocycles. The molecule has 7 aromatic carbocycles. The van der Waals surface area contributed by atoms with Gasteiger partial charge in [-0.3, -0.25) is 0 Å². The van der Waals surface area contributed by atoms with E-state index in [-0.39, 0.29) is 0 Å².